The van der Waals surface area contributed by atoms with Gasteiger partial charge in [0.25, 0.3) is 0 Å². The molecule has 2 heterocycles. The van der Waals surface area contributed by atoms with Gasteiger partial charge in [0, 0.05) is 22.9 Å². The lowest BCUT2D eigenvalue weighted by Gasteiger charge is -2.10. The highest BCUT2D eigenvalue weighted by atomic mass is 16.5. The standard InChI is InChI=1S/C19H20N2O/c1-13(2)10-17(14-6-4-8-16(11-14)22-3)18-12-15-7-5-9-20-19(15)21-18/h4-13H,1-3H3,(H,20,21)/b17-10+. The largest absolute Gasteiger partial charge is 0.497 e. The third-order valence-electron chi connectivity index (χ3n) is 3.56. The molecule has 3 heteroatoms. The van der Waals surface area contributed by atoms with E-state index in [1.165, 1.54) is 5.57 Å². The van der Waals surface area contributed by atoms with E-state index in [2.05, 4.69) is 54.2 Å². The molecular weight excluding hydrogens is 272 g/mol. The van der Waals surface area contributed by atoms with Crippen LogP contribution in [0.25, 0.3) is 16.6 Å². The zero-order valence-corrected chi connectivity index (χ0v) is 13.1. The molecule has 0 spiro atoms. The maximum Gasteiger partial charge on any atom is 0.137 e. The van der Waals surface area contributed by atoms with Crippen molar-refractivity contribution in [1.82, 2.24) is 9.97 Å². The van der Waals surface area contributed by atoms with Crippen molar-refractivity contribution in [3.8, 4) is 5.75 Å². The summed E-state index contributed by atoms with van der Waals surface area (Å²) >= 11 is 0. The van der Waals surface area contributed by atoms with Gasteiger partial charge in [-0.2, -0.15) is 0 Å². The highest BCUT2D eigenvalue weighted by Crippen LogP contribution is 2.29. The van der Waals surface area contributed by atoms with Crippen LogP contribution in [0.1, 0.15) is 25.1 Å². The number of nitrogens with one attached hydrogen (secondary N) is 1. The molecule has 3 rings (SSSR count). The van der Waals surface area contributed by atoms with Gasteiger partial charge in [0.15, 0.2) is 0 Å². The third kappa shape index (κ3) is 2.89. The quantitative estimate of drug-likeness (QED) is 0.759. The number of rotatable bonds is 4. The van der Waals surface area contributed by atoms with Crippen LogP contribution in [0, 0.1) is 5.92 Å². The predicted molar refractivity (Wildman–Crippen MR) is 91.0 cm³/mol. The molecule has 3 aromatic rings. The fraction of sp³-hybridized carbons (Fsp3) is 0.211. The van der Waals surface area contributed by atoms with Crippen molar-refractivity contribution < 1.29 is 4.74 Å². The average molecular weight is 292 g/mol. The van der Waals surface area contributed by atoms with Gasteiger partial charge in [-0.25, -0.2) is 4.98 Å². The van der Waals surface area contributed by atoms with Crippen molar-refractivity contribution in [3.63, 3.8) is 0 Å². The van der Waals surface area contributed by atoms with E-state index in [4.69, 9.17) is 4.74 Å². The molecule has 1 N–H and O–H groups in total. The van der Waals surface area contributed by atoms with Crippen molar-refractivity contribution >= 4 is 16.6 Å². The summed E-state index contributed by atoms with van der Waals surface area (Å²) in [6, 6.07) is 14.3. The molecule has 0 aliphatic heterocycles. The van der Waals surface area contributed by atoms with Crippen LogP contribution in [0.2, 0.25) is 0 Å². The van der Waals surface area contributed by atoms with E-state index in [1.807, 2.05) is 18.2 Å². The van der Waals surface area contributed by atoms with Gasteiger partial charge in [-0.15, -0.1) is 0 Å². The van der Waals surface area contributed by atoms with Gasteiger partial charge >= 0.3 is 0 Å². The first-order valence-electron chi connectivity index (χ1n) is 7.47. The Kier molecular flexibility index (Phi) is 3.96. The molecule has 3 nitrogen and oxygen atoms in total. The molecule has 0 fully saturated rings. The van der Waals surface area contributed by atoms with E-state index in [0.717, 1.165) is 28.0 Å². The number of ether oxygens (including phenoxy) is 1. The van der Waals surface area contributed by atoms with Crippen molar-refractivity contribution in [1.29, 1.82) is 0 Å². The van der Waals surface area contributed by atoms with Crippen LogP contribution in [0.5, 0.6) is 5.75 Å². The molecule has 0 unspecified atom stereocenters. The van der Waals surface area contributed by atoms with E-state index >= 15 is 0 Å². The molecule has 1 aromatic carbocycles. The minimum atomic E-state index is 0.445. The molecule has 0 bridgehead atoms. The number of methoxy groups -OCH3 is 1. The zero-order valence-electron chi connectivity index (χ0n) is 13.1. The topological polar surface area (TPSA) is 37.9 Å². The predicted octanol–water partition coefficient (Wildman–Crippen LogP) is 4.66. The Bertz CT molecular complexity index is 782. The molecule has 0 saturated carbocycles. The summed E-state index contributed by atoms with van der Waals surface area (Å²) in [5.41, 5.74) is 4.30. The highest BCUT2D eigenvalue weighted by molar-refractivity contribution is 5.87. The van der Waals surface area contributed by atoms with Crippen LogP contribution in [-0.2, 0) is 0 Å². The molecule has 0 atom stereocenters. The Labute approximate surface area is 130 Å². The Morgan fingerprint density at radius 2 is 2.05 bits per heavy atom. The van der Waals surface area contributed by atoms with Gasteiger partial charge in [-0.3, -0.25) is 0 Å². The molecule has 0 saturated heterocycles. The number of aromatic amines is 1. The van der Waals surface area contributed by atoms with Gasteiger partial charge in [0.2, 0.25) is 0 Å². The summed E-state index contributed by atoms with van der Waals surface area (Å²) in [4.78, 5) is 7.80. The maximum absolute atomic E-state index is 5.36. The zero-order chi connectivity index (χ0) is 15.5. The molecule has 0 aliphatic rings. The van der Waals surface area contributed by atoms with E-state index in [9.17, 15) is 0 Å². The average Bonchev–Trinajstić information content (AvgIpc) is 2.96. The molecule has 0 aliphatic carbocycles. The van der Waals surface area contributed by atoms with E-state index < -0.39 is 0 Å². The van der Waals surface area contributed by atoms with Gasteiger partial charge < -0.3 is 9.72 Å². The Balaban J connectivity index is 2.13. The second-order valence-corrected chi connectivity index (χ2v) is 5.68. The summed E-state index contributed by atoms with van der Waals surface area (Å²) in [6.45, 7) is 4.36. The maximum atomic E-state index is 5.36. The lowest BCUT2D eigenvalue weighted by molar-refractivity contribution is 0.414. The van der Waals surface area contributed by atoms with Crippen LogP contribution in [0.4, 0.5) is 0 Å². The number of benzene rings is 1. The van der Waals surface area contributed by atoms with E-state index in [0.29, 0.717) is 5.92 Å². The van der Waals surface area contributed by atoms with Crippen molar-refractivity contribution in [2.45, 2.75) is 13.8 Å². The fourth-order valence-electron chi connectivity index (χ4n) is 2.57. The van der Waals surface area contributed by atoms with Crippen LogP contribution in [-0.4, -0.2) is 17.1 Å². The van der Waals surface area contributed by atoms with Crippen molar-refractivity contribution in [3.05, 3.63) is 66.0 Å². The lowest BCUT2D eigenvalue weighted by atomic mass is 9.98. The summed E-state index contributed by atoms with van der Waals surface area (Å²) in [6.07, 6.45) is 4.07. The van der Waals surface area contributed by atoms with Crippen molar-refractivity contribution in [2.24, 2.45) is 5.92 Å². The Morgan fingerprint density at radius 3 is 2.77 bits per heavy atom. The summed E-state index contributed by atoms with van der Waals surface area (Å²) in [5, 5.41) is 1.12. The first-order valence-corrected chi connectivity index (χ1v) is 7.47. The summed E-state index contributed by atoms with van der Waals surface area (Å²) in [5.74, 6) is 1.31. The van der Waals surface area contributed by atoms with Gasteiger partial charge in [-0.1, -0.05) is 32.1 Å². The van der Waals surface area contributed by atoms with Crippen LogP contribution >= 0.6 is 0 Å². The highest BCUT2D eigenvalue weighted by Gasteiger charge is 2.10. The fourth-order valence-corrected chi connectivity index (χ4v) is 2.57. The van der Waals surface area contributed by atoms with Gasteiger partial charge in [-0.05, 0) is 41.8 Å². The van der Waals surface area contributed by atoms with Crippen LogP contribution < -0.4 is 4.74 Å². The summed E-state index contributed by atoms with van der Waals surface area (Å²) in [7, 11) is 1.69. The number of aromatic nitrogens is 2. The monoisotopic (exact) mass is 292 g/mol. The Hall–Kier alpha value is -2.55. The first-order chi connectivity index (χ1) is 10.7. The Morgan fingerprint density at radius 1 is 1.18 bits per heavy atom. The molecule has 112 valence electrons. The number of H-pyrrole nitrogens is 1. The number of pyridine rings is 1. The van der Waals surface area contributed by atoms with Gasteiger partial charge in [0.05, 0.1) is 7.11 Å². The molecule has 0 radical (unpaired) electrons. The number of hydrogen-bond donors (Lipinski definition) is 1. The number of nitrogens with zero attached hydrogens (tertiary/aromatic N) is 1. The van der Waals surface area contributed by atoms with Crippen LogP contribution in [0.3, 0.4) is 0 Å². The van der Waals surface area contributed by atoms with Gasteiger partial charge in [0.1, 0.15) is 11.4 Å². The number of fused-ring (bicyclic) bond motifs is 1. The number of allylic oxidation sites excluding steroid dienone is 1. The summed E-state index contributed by atoms with van der Waals surface area (Å²) < 4.78 is 5.36. The lowest BCUT2D eigenvalue weighted by Crippen LogP contribution is -1.93. The second kappa shape index (κ2) is 6.06. The van der Waals surface area contributed by atoms with E-state index in [-0.39, 0.29) is 0 Å². The molecule has 2 aromatic heterocycles. The second-order valence-electron chi connectivity index (χ2n) is 5.68. The normalized spacial score (nSPS) is 12.1. The van der Waals surface area contributed by atoms with Crippen LogP contribution in [0.15, 0.2) is 54.7 Å². The molecular formula is C19H20N2O. The minimum Gasteiger partial charge on any atom is -0.497 e. The van der Waals surface area contributed by atoms with E-state index in [1.54, 1.807) is 13.3 Å². The smallest absolute Gasteiger partial charge is 0.137 e. The van der Waals surface area contributed by atoms with Crippen molar-refractivity contribution in [2.75, 3.05) is 7.11 Å². The first kappa shape index (κ1) is 14.4. The molecule has 0 amide bonds. The SMILES string of the molecule is COc1cccc(/C(=C\C(C)C)c2cc3cccnc3[nH]2)c1. The molecule has 22 heavy (non-hydrogen) atoms. The third-order valence-corrected chi connectivity index (χ3v) is 3.56. The number of hydrogen-bond acceptors (Lipinski definition) is 2. The minimum absolute atomic E-state index is 0.445.